The predicted molar refractivity (Wildman–Crippen MR) is 82.9 cm³/mol. The molecule has 2 aromatic rings. The molecule has 0 aliphatic carbocycles. The zero-order chi connectivity index (χ0) is 14.5. The van der Waals surface area contributed by atoms with Crippen molar-refractivity contribution in [3.8, 4) is 11.5 Å². The second-order valence-electron chi connectivity index (χ2n) is 4.74. The molecule has 0 bridgehead atoms. The number of nitrogens with zero attached hydrogens (tertiary/aromatic N) is 1. The number of rotatable bonds is 6. The van der Waals surface area contributed by atoms with Crippen LogP contribution >= 0.6 is 11.3 Å². The highest BCUT2D eigenvalue weighted by Crippen LogP contribution is 2.30. The van der Waals surface area contributed by atoms with Crippen LogP contribution in [-0.2, 0) is 6.54 Å². The third-order valence-corrected chi connectivity index (χ3v) is 3.50. The van der Waals surface area contributed by atoms with Crippen LogP contribution in [0.1, 0.15) is 24.5 Å². The van der Waals surface area contributed by atoms with Gasteiger partial charge in [-0.1, -0.05) is 0 Å². The van der Waals surface area contributed by atoms with Gasteiger partial charge in [0, 0.05) is 11.4 Å². The van der Waals surface area contributed by atoms with Gasteiger partial charge in [0.25, 0.3) is 0 Å². The van der Waals surface area contributed by atoms with Crippen molar-refractivity contribution in [1.82, 2.24) is 4.98 Å². The molecule has 0 saturated carbocycles. The Hall–Kier alpha value is -1.75. The van der Waals surface area contributed by atoms with Gasteiger partial charge in [-0.25, -0.2) is 4.98 Å². The van der Waals surface area contributed by atoms with E-state index >= 15 is 0 Å². The van der Waals surface area contributed by atoms with Gasteiger partial charge in [-0.3, -0.25) is 0 Å². The summed E-state index contributed by atoms with van der Waals surface area (Å²) in [5.41, 5.74) is 1.95. The van der Waals surface area contributed by atoms with Crippen LogP contribution < -0.4 is 14.8 Å². The highest BCUT2D eigenvalue weighted by molar-refractivity contribution is 7.09. The van der Waals surface area contributed by atoms with Gasteiger partial charge in [-0.15, -0.1) is 11.3 Å². The van der Waals surface area contributed by atoms with E-state index in [-0.39, 0.29) is 6.10 Å². The third-order valence-electron chi connectivity index (χ3n) is 2.68. The Balaban J connectivity index is 2.14. The first kappa shape index (κ1) is 14.7. The molecule has 2 rings (SSSR count). The lowest BCUT2D eigenvalue weighted by molar-refractivity contribution is 0.243. The molecule has 0 fully saturated rings. The summed E-state index contributed by atoms with van der Waals surface area (Å²) in [5, 5.41) is 6.50. The fourth-order valence-corrected chi connectivity index (χ4v) is 2.42. The average molecular weight is 292 g/mol. The van der Waals surface area contributed by atoms with E-state index < -0.39 is 0 Å². The largest absolute Gasteiger partial charge is 0.497 e. The molecule has 0 radical (unpaired) electrons. The molecule has 1 aromatic carbocycles. The zero-order valence-corrected chi connectivity index (χ0v) is 13.1. The standard InChI is InChI=1S/C15H20N2O2S/c1-10(2)19-15-6-5-13(18-4)7-14(15)16-8-12-9-20-11(3)17-12/h5-7,9-10,16H,8H2,1-4H3. The quantitative estimate of drug-likeness (QED) is 0.878. The monoisotopic (exact) mass is 292 g/mol. The van der Waals surface area contributed by atoms with Crippen LogP contribution in [-0.4, -0.2) is 18.2 Å². The third kappa shape index (κ3) is 3.87. The van der Waals surface area contributed by atoms with E-state index in [4.69, 9.17) is 9.47 Å². The Labute approximate surface area is 123 Å². The second-order valence-corrected chi connectivity index (χ2v) is 5.80. The number of ether oxygens (including phenoxy) is 2. The van der Waals surface area contributed by atoms with Crippen LogP contribution in [0.4, 0.5) is 5.69 Å². The first-order valence-corrected chi connectivity index (χ1v) is 7.46. The van der Waals surface area contributed by atoms with Gasteiger partial charge < -0.3 is 14.8 Å². The molecule has 5 heteroatoms. The minimum absolute atomic E-state index is 0.130. The van der Waals surface area contributed by atoms with Crippen LogP contribution in [0.2, 0.25) is 0 Å². The maximum atomic E-state index is 5.80. The Morgan fingerprint density at radius 3 is 2.75 bits per heavy atom. The molecule has 108 valence electrons. The lowest BCUT2D eigenvalue weighted by Gasteiger charge is -2.16. The molecule has 0 spiro atoms. The van der Waals surface area contributed by atoms with Gasteiger partial charge in [0.05, 0.1) is 36.1 Å². The molecule has 0 aliphatic rings. The van der Waals surface area contributed by atoms with E-state index in [0.29, 0.717) is 6.54 Å². The molecular formula is C15H20N2O2S. The Morgan fingerprint density at radius 2 is 2.15 bits per heavy atom. The second kappa shape index (κ2) is 6.61. The first-order chi connectivity index (χ1) is 9.58. The topological polar surface area (TPSA) is 43.4 Å². The summed E-state index contributed by atoms with van der Waals surface area (Å²) < 4.78 is 11.1. The van der Waals surface area contributed by atoms with Crippen molar-refractivity contribution >= 4 is 17.0 Å². The number of anilines is 1. The predicted octanol–water partition coefficient (Wildman–Crippen LogP) is 3.86. The Bertz CT molecular complexity index is 567. The number of hydrogen-bond acceptors (Lipinski definition) is 5. The summed E-state index contributed by atoms with van der Waals surface area (Å²) in [6, 6.07) is 5.76. The molecule has 1 N–H and O–H groups in total. The summed E-state index contributed by atoms with van der Waals surface area (Å²) in [4.78, 5) is 4.44. The maximum absolute atomic E-state index is 5.80. The lowest BCUT2D eigenvalue weighted by Crippen LogP contribution is -2.09. The van der Waals surface area contributed by atoms with E-state index in [0.717, 1.165) is 27.9 Å². The number of methoxy groups -OCH3 is 1. The minimum atomic E-state index is 0.130. The van der Waals surface area contributed by atoms with Gasteiger partial charge in [0.2, 0.25) is 0 Å². The van der Waals surface area contributed by atoms with Gasteiger partial charge in [0.1, 0.15) is 11.5 Å². The van der Waals surface area contributed by atoms with Crippen molar-refractivity contribution in [3.05, 3.63) is 34.3 Å². The highest BCUT2D eigenvalue weighted by Gasteiger charge is 2.08. The fourth-order valence-electron chi connectivity index (χ4n) is 1.81. The van der Waals surface area contributed by atoms with Crippen LogP contribution in [0.3, 0.4) is 0 Å². The van der Waals surface area contributed by atoms with Gasteiger partial charge in [-0.05, 0) is 32.9 Å². The molecule has 0 unspecified atom stereocenters. The van der Waals surface area contributed by atoms with Crippen molar-refractivity contribution in [2.45, 2.75) is 33.4 Å². The molecule has 20 heavy (non-hydrogen) atoms. The van der Waals surface area contributed by atoms with Crippen molar-refractivity contribution in [1.29, 1.82) is 0 Å². The number of benzene rings is 1. The maximum Gasteiger partial charge on any atom is 0.143 e. The zero-order valence-electron chi connectivity index (χ0n) is 12.3. The molecule has 0 aliphatic heterocycles. The van der Waals surface area contributed by atoms with Gasteiger partial charge >= 0.3 is 0 Å². The average Bonchev–Trinajstić information content (AvgIpc) is 2.83. The Morgan fingerprint density at radius 1 is 1.35 bits per heavy atom. The molecular weight excluding hydrogens is 272 g/mol. The van der Waals surface area contributed by atoms with E-state index in [9.17, 15) is 0 Å². The van der Waals surface area contributed by atoms with E-state index in [2.05, 4.69) is 15.7 Å². The van der Waals surface area contributed by atoms with Gasteiger partial charge in [-0.2, -0.15) is 0 Å². The normalized spacial score (nSPS) is 10.7. The molecule has 0 atom stereocenters. The fraction of sp³-hybridized carbons (Fsp3) is 0.400. The van der Waals surface area contributed by atoms with Crippen molar-refractivity contribution in [2.24, 2.45) is 0 Å². The lowest BCUT2D eigenvalue weighted by atomic mass is 10.2. The Kier molecular flexibility index (Phi) is 4.84. The summed E-state index contributed by atoms with van der Waals surface area (Å²) in [6.07, 6.45) is 0.130. The summed E-state index contributed by atoms with van der Waals surface area (Å²) in [5.74, 6) is 1.63. The van der Waals surface area contributed by atoms with Crippen molar-refractivity contribution in [3.63, 3.8) is 0 Å². The van der Waals surface area contributed by atoms with Crippen LogP contribution in [0.25, 0.3) is 0 Å². The number of hydrogen-bond donors (Lipinski definition) is 1. The van der Waals surface area contributed by atoms with Crippen LogP contribution in [0.15, 0.2) is 23.6 Å². The SMILES string of the molecule is COc1ccc(OC(C)C)c(NCc2csc(C)n2)c1. The minimum Gasteiger partial charge on any atom is -0.497 e. The first-order valence-electron chi connectivity index (χ1n) is 6.58. The van der Waals surface area contributed by atoms with E-state index in [1.165, 1.54) is 0 Å². The van der Waals surface area contributed by atoms with Crippen LogP contribution in [0, 0.1) is 6.92 Å². The van der Waals surface area contributed by atoms with Crippen molar-refractivity contribution in [2.75, 3.05) is 12.4 Å². The van der Waals surface area contributed by atoms with E-state index in [1.54, 1.807) is 18.4 Å². The molecule has 0 amide bonds. The highest BCUT2D eigenvalue weighted by atomic mass is 32.1. The van der Waals surface area contributed by atoms with Crippen molar-refractivity contribution < 1.29 is 9.47 Å². The molecule has 0 saturated heterocycles. The molecule has 1 heterocycles. The van der Waals surface area contributed by atoms with E-state index in [1.807, 2.05) is 39.0 Å². The number of thiazole rings is 1. The summed E-state index contributed by atoms with van der Waals surface area (Å²) in [6.45, 7) is 6.70. The van der Waals surface area contributed by atoms with Gasteiger partial charge in [0.15, 0.2) is 0 Å². The summed E-state index contributed by atoms with van der Waals surface area (Å²) in [7, 11) is 1.66. The summed E-state index contributed by atoms with van der Waals surface area (Å²) >= 11 is 1.65. The number of aromatic nitrogens is 1. The molecule has 1 aromatic heterocycles. The smallest absolute Gasteiger partial charge is 0.143 e. The number of nitrogens with one attached hydrogen (secondary N) is 1. The molecule has 4 nitrogen and oxygen atoms in total. The number of aryl methyl sites for hydroxylation is 1. The van der Waals surface area contributed by atoms with Crippen LogP contribution in [0.5, 0.6) is 11.5 Å².